The van der Waals surface area contributed by atoms with Crippen LogP contribution in [-0.2, 0) is 11.2 Å². The van der Waals surface area contributed by atoms with E-state index in [9.17, 15) is 9.90 Å². The van der Waals surface area contributed by atoms with Gasteiger partial charge in [0.05, 0.1) is 17.6 Å². The van der Waals surface area contributed by atoms with Crippen molar-refractivity contribution in [1.82, 2.24) is 9.38 Å². The molecule has 5 nitrogen and oxygen atoms in total. The molecule has 1 aliphatic rings. The van der Waals surface area contributed by atoms with Crippen molar-refractivity contribution < 1.29 is 14.6 Å². The number of aliphatic hydroxyl groups excluding tert-OH is 1. The number of nitrogens with zero attached hydrogens (tertiary/aromatic N) is 2. The fourth-order valence-electron chi connectivity index (χ4n) is 2.31. The monoisotopic (exact) mass is 266 g/mol. The lowest BCUT2D eigenvalue weighted by Crippen LogP contribution is -2.08. The Kier molecular flexibility index (Phi) is 2.83. The highest BCUT2D eigenvalue weighted by molar-refractivity contribution is 7.17. The van der Waals surface area contributed by atoms with Gasteiger partial charge in [0.2, 0.25) is 0 Å². The molecule has 0 bridgehead atoms. The van der Waals surface area contributed by atoms with Crippen LogP contribution in [0.25, 0.3) is 4.96 Å². The second-order valence-corrected chi connectivity index (χ2v) is 5.33. The maximum absolute atomic E-state index is 11.6. The fourth-order valence-corrected chi connectivity index (χ4v) is 3.48. The van der Waals surface area contributed by atoms with Crippen LogP contribution in [-0.4, -0.2) is 27.1 Å². The molecule has 2 aromatic rings. The zero-order valence-electron chi connectivity index (χ0n) is 10.0. The number of carbonyl (C=O) groups excluding carboxylic acids is 1. The summed E-state index contributed by atoms with van der Waals surface area (Å²) in [6.07, 6.45) is 4.02. The quantitative estimate of drug-likeness (QED) is 0.844. The van der Waals surface area contributed by atoms with Crippen LogP contribution in [0, 0.1) is 0 Å². The lowest BCUT2D eigenvalue weighted by atomic mass is 10.0. The number of hydrogen-bond acceptors (Lipinski definition) is 5. The van der Waals surface area contributed by atoms with Crippen LogP contribution in [0.15, 0.2) is 6.20 Å². The largest absolute Gasteiger partial charge is 0.461 e. The summed E-state index contributed by atoms with van der Waals surface area (Å²) in [5, 5.41) is 9.92. The molecule has 0 spiro atoms. The molecule has 1 N–H and O–H groups in total. The first-order chi connectivity index (χ1) is 8.70. The molecular formula is C12H14N2O3S. The van der Waals surface area contributed by atoms with Crippen LogP contribution in [0.2, 0.25) is 0 Å². The number of rotatable bonds is 2. The lowest BCUT2D eigenvalue weighted by molar-refractivity contribution is 0.0520. The van der Waals surface area contributed by atoms with Gasteiger partial charge in [-0.25, -0.2) is 9.78 Å². The second-order valence-electron chi connectivity index (χ2n) is 4.32. The average molecular weight is 266 g/mol. The lowest BCUT2D eigenvalue weighted by Gasteiger charge is -2.16. The first-order valence-electron chi connectivity index (χ1n) is 6.06. The first kappa shape index (κ1) is 11.7. The molecule has 0 aromatic carbocycles. The Balaban J connectivity index is 2.04. The first-order valence-corrected chi connectivity index (χ1v) is 6.88. The van der Waals surface area contributed by atoms with E-state index in [1.54, 1.807) is 13.1 Å². The minimum Gasteiger partial charge on any atom is -0.461 e. The summed E-state index contributed by atoms with van der Waals surface area (Å²) in [5.74, 6) is -0.390. The van der Waals surface area contributed by atoms with Gasteiger partial charge in [0.25, 0.3) is 0 Å². The number of ether oxygens (including phenoxy) is 1. The minimum absolute atomic E-state index is 0.339. The summed E-state index contributed by atoms with van der Waals surface area (Å²) >= 11 is 1.46. The third-order valence-corrected chi connectivity index (χ3v) is 4.33. The summed E-state index contributed by atoms with van der Waals surface area (Å²) in [6, 6.07) is 0. The highest BCUT2D eigenvalue weighted by Gasteiger charge is 2.25. The average Bonchev–Trinajstić information content (AvgIpc) is 2.88. The number of esters is 1. The molecule has 1 atom stereocenters. The van der Waals surface area contributed by atoms with Crippen molar-refractivity contribution in [2.45, 2.75) is 32.3 Å². The number of hydrogen-bond donors (Lipinski definition) is 1. The van der Waals surface area contributed by atoms with E-state index in [1.165, 1.54) is 11.3 Å². The molecule has 96 valence electrons. The number of aryl methyl sites for hydroxylation is 1. The van der Waals surface area contributed by atoms with E-state index in [4.69, 9.17) is 4.74 Å². The Bertz CT molecular complexity index is 602. The molecule has 1 aliphatic carbocycles. The van der Waals surface area contributed by atoms with E-state index in [2.05, 4.69) is 4.98 Å². The molecule has 1 unspecified atom stereocenters. The van der Waals surface area contributed by atoms with E-state index in [0.717, 1.165) is 34.8 Å². The fraction of sp³-hybridized carbons (Fsp3) is 0.500. The molecule has 0 amide bonds. The van der Waals surface area contributed by atoms with Gasteiger partial charge < -0.3 is 9.84 Å². The Morgan fingerprint density at radius 2 is 2.56 bits per heavy atom. The smallest absolute Gasteiger partial charge is 0.358 e. The molecule has 0 radical (unpaired) electrons. The summed E-state index contributed by atoms with van der Waals surface area (Å²) in [5.41, 5.74) is 1.42. The summed E-state index contributed by atoms with van der Waals surface area (Å²) in [6.45, 7) is 2.12. The maximum Gasteiger partial charge on any atom is 0.358 e. The molecule has 0 aliphatic heterocycles. The molecule has 2 aromatic heterocycles. The molecule has 3 rings (SSSR count). The Morgan fingerprint density at radius 1 is 1.72 bits per heavy atom. The Hall–Kier alpha value is -1.40. The topological polar surface area (TPSA) is 63.8 Å². The number of aromatic nitrogens is 2. The zero-order chi connectivity index (χ0) is 12.7. The van der Waals surface area contributed by atoms with E-state index >= 15 is 0 Å². The minimum atomic E-state index is -0.390. The number of fused-ring (bicyclic) bond motifs is 3. The Morgan fingerprint density at radius 3 is 3.33 bits per heavy atom. The number of imidazole rings is 1. The molecule has 18 heavy (non-hydrogen) atoms. The number of aliphatic hydroxyl groups is 1. The van der Waals surface area contributed by atoms with Gasteiger partial charge in [-0.05, 0) is 26.2 Å². The summed E-state index contributed by atoms with van der Waals surface area (Å²) < 4.78 is 6.84. The molecule has 6 heteroatoms. The van der Waals surface area contributed by atoms with Crippen LogP contribution in [0.3, 0.4) is 0 Å². The van der Waals surface area contributed by atoms with Crippen molar-refractivity contribution in [3.05, 3.63) is 22.5 Å². The summed E-state index contributed by atoms with van der Waals surface area (Å²) in [7, 11) is 0. The van der Waals surface area contributed by atoms with Crippen LogP contribution < -0.4 is 0 Å². The van der Waals surface area contributed by atoms with E-state index < -0.39 is 5.97 Å². The van der Waals surface area contributed by atoms with Gasteiger partial charge in [0.1, 0.15) is 0 Å². The highest BCUT2D eigenvalue weighted by atomic mass is 32.1. The van der Waals surface area contributed by atoms with Gasteiger partial charge in [-0.2, -0.15) is 0 Å². The third kappa shape index (κ3) is 1.72. The highest BCUT2D eigenvalue weighted by Crippen LogP contribution is 2.36. The molecule has 0 fully saturated rings. The Labute approximate surface area is 108 Å². The predicted molar refractivity (Wildman–Crippen MR) is 66.9 cm³/mol. The van der Waals surface area contributed by atoms with Crippen LogP contribution >= 0.6 is 11.3 Å². The van der Waals surface area contributed by atoms with Gasteiger partial charge in [-0.3, -0.25) is 4.40 Å². The van der Waals surface area contributed by atoms with Crippen LogP contribution in [0.1, 0.15) is 46.9 Å². The third-order valence-electron chi connectivity index (χ3n) is 3.13. The van der Waals surface area contributed by atoms with Gasteiger partial charge in [-0.1, -0.05) is 11.3 Å². The SMILES string of the molecule is CCOC(=O)c1cn2c3c(sc2n1)C(O)CCC3. The van der Waals surface area contributed by atoms with Crippen molar-refractivity contribution in [1.29, 1.82) is 0 Å². The van der Waals surface area contributed by atoms with E-state index in [1.807, 2.05) is 4.40 Å². The second kappa shape index (κ2) is 4.37. The molecule has 2 heterocycles. The number of thiazole rings is 1. The predicted octanol–water partition coefficient (Wildman–Crippen LogP) is 1.94. The van der Waals surface area contributed by atoms with Crippen molar-refractivity contribution in [3.8, 4) is 0 Å². The van der Waals surface area contributed by atoms with Crippen LogP contribution in [0.5, 0.6) is 0 Å². The molecule has 0 saturated carbocycles. The van der Waals surface area contributed by atoms with E-state index in [0.29, 0.717) is 12.3 Å². The van der Waals surface area contributed by atoms with Gasteiger partial charge in [0, 0.05) is 11.9 Å². The van der Waals surface area contributed by atoms with Gasteiger partial charge >= 0.3 is 5.97 Å². The van der Waals surface area contributed by atoms with Gasteiger partial charge in [0.15, 0.2) is 10.7 Å². The normalized spacial score (nSPS) is 18.9. The molecular weight excluding hydrogens is 252 g/mol. The summed E-state index contributed by atoms with van der Waals surface area (Å²) in [4.78, 5) is 17.6. The van der Waals surface area contributed by atoms with Gasteiger partial charge in [-0.15, -0.1) is 0 Å². The number of carbonyl (C=O) groups is 1. The standard InChI is InChI=1S/C12H14N2O3S/c1-2-17-11(16)7-6-14-8-4-3-5-9(15)10(8)18-12(14)13-7/h6,9,15H,2-5H2,1H3. The van der Waals surface area contributed by atoms with Crippen molar-refractivity contribution in [2.24, 2.45) is 0 Å². The molecule has 0 saturated heterocycles. The van der Waals surface area contributed by atoms with E-state index in [-0.39, 0.29) is 6.10 Å². The van der Waals surface area contributed by atoms with Crippen molar-refractivity contribution >= 4 is 22.3 Å². The van der Waals surface area contributed by atoms with Crippen molar-refractivity contribution in [2.75, 3.05) is 6.61 Å². The van der Waals surface area contributed by atoms with Crippen LogP contribution in [0.4, 0.5) is 0 Å². The van der Waals surface area contributed by atoms with Crippen molar-refractivity contribution in [3.63, 3.8) is 0 Å². The maximum atomic E-state index is 11.6. The zero-order valence-corrected chi connectivity index (χ0v) is 10.9.